The van der Waals surface area contributed by atoms with Crippen molar-refractivity contribution in [2.24, 2.45) is 28.7 Å². The SMILES string of the molecule is CC[C@H]1OC(=O)[C@H](C)[C@H]2OCC(=O)CO[C@](C)(C[C@@H](C)C3=NCCN4C(=O)O[C@@]1(C)[C@H]4[C@H]3C)[C@H](O[C@H]1O[C@@H](C)C[C@@H](N(C)C)[C@@H]1O)[C@H]2C. The van der Waals surface area contributed by atoms with E-state index in [9.17, 15) is 19.5 Å². The Balaban J connectivity index is 1.63. The molecule has 0 spiro atoms. The maximum absolute atomic E-state index is 14.1. The van der Waals surface area contributed by atoms with Crippen molar-refractivity contribution in [3.63, 3.8) is 0 Å². The zero-order valence-corrected chi connectivity index (χ0v) is 30.3. The zero-order chi connectivity index (χ0) is 35.3. The number of nitrogens with zero attached hydrogens (tertiary/aromatic N) is 3. The number of aliphatic imine (C=N–C) groups is 1. The predicted octanol–water partition coefficient (Wildman–Crippen LogP) is 2.84. The van der Waals surface area contributed by atoms with Crippen LogP contribution >= 0.6 is 0 Å². The average Bonchev–Trinajstić information content (AvgIpc) is 3.16. The van der Waals surface area contributed by atoms with E-state index in [4.69, 9.17) is 33.4 Å². The highest BCUT2D eigenvalue weighted by Gasteiger charge is 2.60. The molecular formula is C35H57N3O10. The minimum absolute atomic E-state index is 0.174. The maximum Gasteiger partial charge on any atom is 0.410 e. The Morgan fingerprint density at radius 1 is 1.06 bits per heavy atom. The van der Waals surface area contributed by atoms with Gasteiger partial charge in [0.15, 0.2) is 17.7 Å². The van der Waals surface area contributed by atoms with Crippen molar-refractivity contribution in [1.82, 2.24) is 9.80 Å². The quantitative estimate of drug-likeness (QED) is 0.438. The van der Waals surface area contributed by atoms with E-state index in [0.29, 0.717) is 32.4 Å². The monoisotopic (exact) mass is 679 g/mol. The molecule has 0 aliphatic carbocycles. The largest absolute Gasteiger partial charge is 0.458 e. The van der Waals surface area contributed by atoms with Crippen molar-refractivity contribution < 1.29 is 47.9 Å². The van der Waals surface area contributed by atoms with Gasteiger partial charge in [-0.15, -0.1) is 0 Å². The first-order valence-corrected chi connectivity index (χ1v) is 17.7. The van der Waals surface area contributed by atoms with Crippen LogP contribution in [0.2, 0.25) is 0 Å². The molecule has 1 N–H and O–H groups in total. The number of aliphatic hydroxyl groups excluding tert-OH is 1. The standard InChI is InChI=1S/C35H57N3O10/c1-11-25-35(8)29-20(4)26(36-12-13-38(29)33(42)48-35)18(2)15-34(7)30(47-32-27(40)24(37(9)10)14-19(3)45-32)21(5)28(22(6)31(41)46-25)43-16-23(39)17-44-34/h18-22,24-25,27-30,32,40H,11-17H2,1-10H3/t18-,19+,20+,21+,22-,24-,25-,27+,28+,29-,30-,32-,34-,35-/m1/s1. The molecule has 14 atom stereocenters. The van der Waals surface area contributed by atoms with Crippen LogP contribution in [0, 0.1) is 23.7 Å². The lowest BCUT2D eigenvalue weighted by Crippen LogP contribution is -2.60. The minimum Gasteiger partial charge on any atom is -0.458 e. The van der Waals surface area contributed by atoms with Crippen molar-refractivity contribution >= 4 is 23.6 Å². The van der Waals surface area contributed by atoms with Gasteiger partial charge in [-0.05, 0) is 67.0 Å². The highest BCUT2D eigenvalue weighted by molar-refractivity contribution is 5.91. The number of hydrogen-bond donors (Lipinski definition) is 1. The van der Waals surface area contributed by atoms with E-state index in [-0.39, 0.29) is 43.0 Å². The summed E-state index contributed by atoms with van der Waals surface area (Å²) in [5.41, 5.74) is -1.35. The molecule has 272 valence electrons. The fourth-order valence-electron chi connectivity index (χ4n) is 9.16. The van der Waals surface area contributed by atoms with Gasteiger partial charge in [-0.25, -0.2) is 4.79 Å². The summed E-state index contributed by atoms with van der Waals surface area (Å²) in [4.78, 5) is 49.3. The van der Waals surface area contributed by atoms with E-state index in [0.717, 1.165) is 5.71 Å². The molecule has 5 aliphatic heterocycles. The molecule has 0 unspecified atom stereocenters. The Kier molecular flexibility index (Phi) is 11.0. The lowest BCUT2D eigenvalue weighted by molar-refractivity contribution is -0.302. The van der Waals surface area contributed by atoms with Crippen LogP contribution in [-0.2, 0) is 38.0 Å². The van der Waals surface area contributed by atoms with Crippen LogP contribution in [0.3, 0.4) is 0 Å². The molecule has 0 aromatic rings. The molecule has 0 saturated carbocycles. The molecule has 1 amide bonds. The molecule has 4 saturated heterocycles. The number of likely N-dealkylation sites (N-methyl/N-ethyl adjacent to an activating group) is 1. The van der Waals surface area contributed by atoms with Gasteiger partial charge < -0.3 is 38.4 Å². The van der Waals surface area contributed by atoms with E-state index in [1.165, 1.54) is 0 Å². The number of fused-ring (bicyclic) bond motifs is 4. The molecule has 0 aromatic carbocycles. The Bertz CT molecular complexity index is 1250. The number of amides is 1. The van der Waals surface area contributed by atoms with Gasteiger partial charge in [0.2, 0.25) is 0 Å². The predicted molar refractivity (Wildman–Crippen MR) is 176 cm³/mol. The molecule has 4 fully saturated rings. The number of carbonyl (C=O) groups is 3. The number of Topliss-reactive ketones (excluding diaryl/α,β-unsaturated/α-hetero) is 1. The summed E-state index contributed by atoms with van der Waals surface area (Å²) < 4.78 is 38.3. The number of ether oxygens (including phenoxy) is 6. The first kappa shape index (κ1) is 37.1. The second-order valence-electron chi connectivity index (χ2n) is 15.4. The Morgan fingerprint density at radius 3 is 2.44 bits per heavy atom. The Hall–Kier alpha value is -2.16. The highest BCUT2D eigenvalue weighted by atomic mass is 16.7. The topological polar surface area (TPSA) is 146 Å². The fourth-order valence-corrected chi connectivity index (χ4v) is 9.16. The summed E-state index contributed by atoms with van der Waals surface area (Å²) >= 11 is 0. The van der Waals surface area contributed by atoms with Crippen LogP contribution in [-0.4, -0.2) is 139 Å². The van der Waals surface area contributed by atoms with Crippen LogP contribution < -0.4 is 0 Å². The molecule has 5 aliphatic rings. The molecule has 13 nitrogen and oxygen atoms in total. The van der Waals surface area contributed by atoms with Crippen LogP contribution in [0.15, 0.2) is 4.99 Å². The van der Waals surface area contributed by atoms with Crippen molar-refractivity contribution in [3.8, 4) is 0 Å². The van der Waals surface area contributed by atoms with Gasteiger partial charge in [-0.2, -0.15) is 0 Å². The molecule has 13 heteroatoms. The van der Waals surface area contributed by atoms with Gasteiger partial charge in [-0.3, -0.25) is 19.5 Å². The van der Waals surface area contributed by atoms with Crippen molar-refractivity contribution in [1.29, 1.82) is 0 Å². The summed E-state index contributed by atoms with van der Waals surface area (Å²) in [6, 6.07) is -0.639. The van der Waals surface area contributed by atoms with Crippen LogP contribution in [0.25, 0.3) is 0 Å². The van der Waals surface area contributed by atoms with Gasteiger partial charge in [0.1, 0.15) is 25.4 Å². The zero-order valence-electron chi connectivity index (χ0n) is 30.3. The summed E-state index contributed by atoms with van der Waals surface area (Å²) in [5, 5.41) is 11.5. The van der Waals surface area contributed by atoms with Crippen LogP contribution in [0.1, 0.15) is 74.7 Å². The summed E-state index contributed by atoms with van der Waals surface area (Å²) in [6.07, 6.45) is -3.50. The lowest BCUT2D eigenvalue weighted by Gasteiger charge is -2.48. The molecule has 0 radical (unpaired) electrons. The number of esters is 1. The summed E-state index contributed by atoms with van der Waals surface area (Å²) in [5.74, 6) is -2.57. The number of ketones is 1. The summed E-state index contributed by atoms with van der Waals surface area (Å²) in [7, 11) is 3.83. The van der Waals surface area contributed by atoms with E-state index in [1.807, 2.05) is 60.5 Å². The third kappa shape index (κ3) is 6.79. The van der Waals surface area contributed by atoms with Crippen LogP contribution in [0.5, 0.6) is 0 Å². The first-order valence-electron chi connectivity index (χ1n) is 17.7. The maximum atomic E-state index is 14.1. The van der Waals surface area contributed by atoms with E-state index < -0.39 is 71.8 Å². The molecule has 0 aromatic heterocycles. The van der Waals surface area contributed by atoms with Gasteiger partial charge in [0.05, 0.1) is 42.4 Å². The molecular weight excluding hydrogens is 622 g/mol. The highest BCUT2D eigenvalue weighted by Crippen LogP contribution is 2.45. The van der Waals surface area contributed by atoms with Crippen molar-refractivity contribution in [2.75, 3.05) is 40.4 Å². The number of cyclic esters (lactones) is 1. The Labute approximate surface area is 284 Å². The second-order valence-corrected chi connectivity index (χ2v) is 15.4. The third-order valence-corrected chi connectivity index (χ3v) is 11.5. The van der Waals surface area contributed by atoms with Gasteiger partial charge >= 0.3 is 12.1 Å². The molecule has 5 heterocycles. The average molecular weight is 680 g/mol. The number of carbonyl (C=O) groups excluding carboxylic acids is 3. The number of hydrogen-bond acceptors (Lipinski definition) is 12. The first-order chi connectivity index (χ1) is 22.5. The van der Waals surface area contributed by atoms with Gasteiger partial charge in [-0.1, -0.05) is 27.7 Å². The lowest BCUT2D eigenvalue weighted by atomic mass is 9.72. The minimum atomic E-state index is -1.12. The van der Waals surface area contributed by atoms with E-state index in [2.05, 4.69) is 6.92 Å². The van der Waals surface area contributed by atoms with E-state index >= 15 is 0 Å². The van der Waals surface area contributed by atoms with Gasteiger partial charge in [0.25, 0.3) is 0 Å². The molecule has 48 heavy (non-hydrogen) atoms. The fraction of sp³-hybridized carbons (Fsp3) is 0.886. The number of aliphatic hydroxyl groups is 1. The third-order valence-electron chi connectivity index (χ3n) is 11.5. The Morgan fingerprint density at radius 2 is 1.77 bits per heavy atom. The van der Waals surface area contributed by atoms with Crippen LogP contribution in [0.4, 0.5) is 4.79 Å². The van der Waals surface area contributed by atoms with Gasteiger partial charge in [0, 0.05) is 30.1 Å². The van der Waals surface area contributed by atoms with E-state index in [1.54, 1.807) is 11.8 Å². The normalized spacial score (nSPS) is 46.1. The molecule has 5 rings (SSSR count). The summed E-state index contributed by atoms with van der Waals surface area (Å²) in [6.45, 7) is 15.7. The molecule has 4 bridgehead atoms. The second kappa shape index (κ2) is 14.2. The van der Waals surface area contributed by atoms with Crippen molar-refractivity contribution in [2.45, 2.75) is 135 Å². The smallest absolute Gasteiger partial charge is 0.410 e. The van der Waals surface area contributed by atoms with Crippen molar-refractivity contribution in [3.05, 3.63) is 0 Å². The number of rotatable bonds is 4.